The van der Waals surface area contributed by atoms with Crippen molar-refractivity contribution in [3.05, 3.63) is 69.7 Å². The van der Waals surface area contributed by atoms with Gasteiger partial charge < -0.3 is 4.74 Å². The number of hydrogen-bond donors (Lipinski definition) is 0. The maximum Gasteiger partial charge on any atom is 0.306 e. The van der Waals surface area contributed by atoms with E-state index in [9.17, 15) is 4.79 Å². The SMILES string of the molecule is COC(=O)CC(c1ccc(Cl)cc1)c1ccc(Cl)cc1. The Morgan fingerprint density at radius 2 is 1.35 bits per heavy atom. The van der Waals surface area contributed by atoms with Crippen molar-refractivity contribution >= 4 is 29.2 Å². The number of benzene rings is 2. The summed E-state index contributed by atoms with van der Waals surface area (Å²) in [6, 6.07) is 15.0. The van der Waals surface area contributed by atoms with Crippen molar-refractivity contribution in [2.24, 2.45) is 0 Å². The molecule has 2 rings (SSSR count). The molecule has 2 aromatic rings. The van der Waals surface area contributed by atoms with Crippen LogP contribution in [-0.4, -0.2) is 13.1 Å². The minimum atomic E-state index is -0.250. The lowest BCUT2D eigenvalue weighted by Crippen LogP contribution is -2.10. The maximum atomic E-state index is 11.6. The van der Waals surface area contributed by atoms with E-state index in [2.05, 4.69) is 0 Å². The zero-order chi connectivity index (χ0) is 14.5. The summed E-state index contributed by atoms with van der Waals surface area (Å²) >= 11 is 11.8. The van der Waals surface area contributed by atoms with Gasteiger partial charge in [-0.1, -0.05) is 47.5 Å². The second-order valence-electron chi connectivity index (χ2n) is 4.44. The molecule has 0 radical (unpaired) electrons. The first-order valence-electron chi connectivity index (χ1n) is 6.18. The number of carbonyl (C=O) groups is 1. The molecule has 0 heterocycles. The predicted octanol–water partition coefficient (Wildman–Crippen LogP) is 4.69. The van der Waals surface area contributed by atoms with E-state index in [0.29, 0.717) is 10.0 Å². The Balaban J connectivity index is 2.35. The van der Waals surface area contributed by atoms with Gasteiger partial charge in [0.05, 0.1) is 13.5 Å². The maximum absolute atomic E-state index is 11.6. The second-order valence-corrected chi connectivity index (χ2v) is 5.31. The second kappa shape index (κ2) is 6.78. The molecule has 0 atom stereocenters. The molecule has 0 fully saturated rings. The molecule has 0 bridgehead atoms. The predicted molar refractivity (Wildman–Crippen MR) is 81.4 cm³/mol. The van der Waals surface area contributed by atoms with Gasteiger partial charge in [-0.15, -0.1) is 0 Å². The number of esters is 1. The summed E-state index contributed by atoms with van der Waals surface area (Å²) in [7, 11) is 1.39. The fourth-order valence-electron chi connectivity index (χ4n) is 2.07. The fraction of sp³-hybridized carbons (Fsp3) is 0.188. The van der Waals surface area contributed by atoms with Crippen LogP contribution in [-0.2, 0) is 9.53 Å². The molecule has 0 unspecified atom stereocenters. The third kappa shape index (κ3) is 3.75. The standard InChI is InChI=1S/C16H14Cl2O2/c1-20-16(19)10-15(11-2-6-13(17)7-3-11)12-4-8-14(18)9-5-12/h2-9,15H,10H2,1H3. The summed E-state index contributed by atoms with van der Waals surface area (Å²) in [6.45, 7) is 0. The van der Waals surface area contributed by atoms with Crippen molar-refractivity contribution in [3.8, 4) is 0 Å². The molecule has 0 N–H and O–H groups in total. The number of carbonyl (C=O) groups excluding carboxylic acids is 1. The van der Waals surface area contributed by atoms with Gasteiger partial charge in [0.15, 0.2) is 0 Å². The largest absolute Gasteiger partial charge is 0.469 e. The van der Waals surface area contributed by atoms with E-state index in [-0.39, 0.29) is 18.3 Å². The average Bonchev–Trinajstić information content (AvgIpc) is 2.46. The molecule has 0 amide bonds. The van der Waals surface area contributed by atoms with E-state index in [0.717, 1.165) is 11.1 Å². The van der Waals surface area contributed by atoms with E-state index in [1.807, 2.05) is 48.5 Å². The Labute approximate surface area is 128 Å². The zero-order valence-electron chi connectivity index (χ0n) is 11.0. The van der Waals surface area contributed by atoms with Gasteiger partial charge in [0, 0.05) is 16.0 Å². The number of hydrogen-bond acceptors (Lipinski definition) is 2. The monoisotopic (exact) mass is 308 g/mol. The molecular formula is C16H14Cl2O2. The molecule has 2 nitrogen and oxygen atoms in total. The van der Waals surface area contributed by atoms with Gasteiger partial charge >= 0.3 is 5.97 Å². The fourth-order valence-corrected chi connectivity index (χ4v) is 2.32. The smallest absolute Gasteiger partial charge is 0.306 e. The zero-order valence-corrected chi connectivity index (χ0v) is 12.5. The van der Waals surface area contributed by atoms with Gasteiger partial charge in [-0.05, 0) is 35.4 Å². The third-order valence-corrected chi connectivity index (χ3v) is 3.65. The highest BCUT2D eigenvalue weighted by Gasteiger charge is 2.18. The van der Waals surface area contributed by atoms with Crippen LogP contribution in [0.1, 0.15) is 23.5 Å². The van der Waals surface area contributed by atoms with Crippen molar-refractivity contribution in [2.75, 3.05) is 7.11 Å². The molecule has 0 aliphatic rings. The van der Waals surface area contributed by atoms with Crippen LogP contribution in [0, 0.1) is 0 Å². The van der Waals surface area contributed by atoms with Crippen LogP contribution in [0.25, 0.3) is 0 Å². The molecule has 104 valence electrons. The third-order valence-electron chi connectivity index (χ3n) is 3.14. The van der Waals surface area contributed by atoms with Gasteiger partial charge in [-0.2, -0.15) is 0 Å². The highest BCUT2D eigenvalue weighted by molar-refractivity contribution is 6.30. The summed E-state index contributed by atoms with van der Waals surface area (Å²) in [5.74, 6) is -0.322. The van der Waals surface area contributed by atoms with Crippen LogP contribution in [0.5, 0.6) is 0 Å². The van der Waals surface area contributed by atoms with Crippen LogP contribution >= 0.6 is 23.2 Å². The summed E-state index contributed by atoms with van der Waals surface area (Å²) in [5.41, 5.74) is 2.03. The molecular weight excluding hydrogens is 295 g/mol. The lowest BCUT2D eigenvalue weighted by Gasteiger charge is -2.17. The van der Waals surface area contributed by atoms with Gasteiger partial charge in [-0.3, -0.25) is 4.79 Å². The molecule has 0 aliphatic carbocycles. The van der Waals surface area contributed by atoms with Gasteiger partial charge in [-0.25, -0.2) is 0 Å². The summed E-state index contributed by atoms with van der Waals surface area (Å²) < 4.78 is 4.78. The van der Waals surface area contributed by atoms with E-state index in [1.54, 1.807) is 0 Å². The number of methoxy groups -OCH3 is 1. The Morgan fingerprint density at radius 3 is 1.70 bits per heavy atom. The minimum absolute atomic E-state index is 0.0722. The molecule has 0 aromatic heterocycles. The summed E-state index contributed by atoms with van der Waals surface area (Å²) in [4.78, 5) is 11.6. The van der Waals surface area contributed by atoms with Crippen LogP contribution in [0.15, 0.2) is 48.5 Å². The summed E-state index contributed by atoms with van der Waals surface area (Å²) in [6.07, 6.45) is 0.278. The van der Waals surface area contributed by atoms with Crippen LogP contribution in [0.3, 0.4) is 0 Å². The lowest BCUT2D eigenvalue weighted by atomic mass is 9.88. The molecule has 0 saturated carbocycles. The highest BCUT2D eigenvalue weighted by Crippen LogP contribution is 2.30. The van der Waals surface area contributed by atoms with E-state index >= 15 is 0 Å². The number of halogens is 2. The van der Waals surface area contributed by atoms with Crippen molar-refractivity contribution < 1.29 is 9.53 Å². The Kier molecular flexibility index (Phi) is 5.05. The molecule has 0 spiro atoms. The Morgan fingerprint density at radius 1 is 0.950 bits per heavy atom. The van der Waals surface area contributed by atoms with Gasteiger partial charge in [0.1, 0.15) is 0 Å². The first-order chi connectivity index (χ1) is 9.60. The molecule has 4 heteroatoms. The minimum Gasteiger partial charge on any atom is -0.469 e. The first-order valence-corrected chi connectivity index (χ1v) is 6.93. The Hall–Kier alpha value is -1.51. The van der Waals surface area contributed by atoms with Crippen molar-refractivity contribution in [3.63, 3.8) is 0 Å². The number of rotatable bonds is 4. The van der Waals surface area contributed by atoms with Gasteiger partial charge in [0.25, 0.3) is 0 Å². The van der Waals surface area contributed by atoms with Crippen LogP contribution in [0.4, 0.5) is 0 Å². The van der Waals surface area contributed by atoms with Crippen LogP contribution < -0.4 is 0 Å². The Bertz CT molecular complexity index is 531. The first kappa shape index (κ1) is 14.9. The highest BCUT2D eigenvalue weighted by atomic mass is 35.5. The van der Waals surface area contributed by atoms with Crippen LogP contribution in [0.2, 0.25) is 10.0 Å². The average molecular weight is 309 g/mol. The van der Waals surface area contributed by atoms with Crippen molar-refractivity contribution in [1.29, 1.82) is 0 Å². The topological polar surface area (TPSA) is 26.3 Å². The quantitative estimate of drug-likeness (QED) is 0.766. The van der Waals surface area contributed by atoms with Crippen molar-refractivity contribution in [1.82, 2.24) is 0 Å². The molecule has 20 heavy (non-hydrogen) atoms. The molecule has 0 saturated heterocycles. The van der Waals surface area contributed by atoms with Crippen molar-refractivity contribution in [2.45, 2.75) is 12.3 Å². The molecule has 0 aliphatic heterocycles. The number of ether oxygens (including phenoxy) is 1. The molecule has 2 aromatic carbocycles. The van der Waals surface area contributed by atoms with Gasteiger partial charge in [0.2, 0.25) is 0 Å². The summed E-state index contributed by atoms with van der Waals surface area (Å²) in [5, 5.41) is 1.34. The normalized spacial score (nSPS) is 10.6. The lowest BCUT2D eigenvalue weighted by molar-refractivity contribution is -0.140. The van der Waals surface area contributed by atoms with E-state index in [4.69, 9.17) is 27.9 Å². The van der Waals surface area contributed by atoms with E-state index < -0.39 is 0 Å². The van der Waals surface area contributed by atoms with E-state index in [1.165, 1.54) is 7.11 Å².